The third-order valence-electron chi connectivity index (χ3n) is 5.66. The molecule has 1 fully saturated rings. The minimum absolute atomic E-state index is 0.0791. The van der Waals surface area contributed by atoms with Crippen molar-refractivity contribution in [2.24, 2.45) is 5.92 Å². The molecule has 0 radical (unpaired) electrons. The third kappa shape index (κ3) is 10.2. The van der Waals surface area contributed by atoms with Crippen LogP contribution in [0.3, 0.4) is 0 Å². The van der Waals surface area contributed by atoms with Crippen molar-refractivity contribution in [3.05, 3.63) is 29.6 Å². The number of carboxylic acids is 1. The van der Waals surface area contributed by atoms with Crippen LogP contribution in [-0.2, 0) is 30.3 Å². The highest BCUT2D eigenvalue weighted by Crippen LogP contribution is 2.26. The van der Waals surface area contributed by atoms with Crippen LogP contribution in [0.2, 0.25) is 0 Å². The minimum atomic E-state index is -5.19. The zero-order chi connectivity index (χ0) is 27.5. The van der Waals surface area contributed by atoms with Gasteiger partial charge in [0.15, 0.2) is 6.04 Å². The molecule has 0 spiro atoms. The van der Waals surface area contributed by atoms with Gasteiger partial charge in [0.25, 0.3) is 5.91 Å². The Balaban J connectivity index is 0.000000809. The zero-order valence-electron chi connectivity index (χ0n) is 20.1. The van der Waals surface area contributed by atoms with Crippen molar-refractivity contribution >= 4 is 29.4 Å². The Morgan fingerprint density at radius 2 is 1.75 bits per heavy atom. The van der Waals surface area contributed by atoms with E-state index in [0.717, 1.165) is 25.7 Å². The monoisotopic (exact) mass is 521 g/mol. The number of methoxy groups -OCH3 is 1. The molecule has 36 heavy (non-hydrogen) atoms. The fourth-order valence-electron chi connectivity index (χ4n) is 3.63. The Morgan fingerprint density at radius 3 is 2.22 bits per heavy atom. The summed E-state index contributed by atoms with van der Waals surface area (Å²) in [6.07, 6.45) is 0.449. The van der Waals surface area contributed by atoms with Crippen LogP contribution in [-0.4, -0.2) is 49.1 Å². The molecule has 2 rings (SSSR count). The molecule has 0 bridgehead atoms. The van der Waals surface area contributed by atoms with Gasteiger partial charge in [-0.2, -0.15) is 13.2 Å². The maximum Gasteiger partial charge on any atom is 0.430 e. The van der Waals surface area contributed by atoms with Crippen molar-refractivity contribution in [1.29, 1.82) is 0 Å². The van der Waals surface area contributed by atoms with Crippen LogP contribution >= 0.6 is 0 Å². The molecule has 0 saturated heterocycles. The lowest BCUT2D eigenvalue weighted by molar-refractivity contribution is -0.416. The number of carbonyl (C=O) groups is 4. The molecule has 202 valence electrons. The molecular weight excluding hydrogens is 490 g/mol. The van der Waals surface area contributed by atoms with E-state index in [2.05, 4.69) is 16.4 Å². The third-order valence-corrected chi connectivity index (χ3v) is 5.66. The molecule has 5 N–H and O–H groups in total. The molecule has 2 atom stereocenters. The Hall–Kier alpha value is -3.22. The number of anilines is 1. The van der Waals surface area contributed by atoms with Gasteiger partial charge in [-0.25, -0.2) is 9.18 Å². The second-order valence-electron chi connectivity index (χ2n) is 8.29. The number of benzene rings is 1. The number of hydrogen-bond acceptors (Lipinski definition) is 6. The summed E-state index contributed by atoms with van der Waals surface area (Å²) in [5, 5.41) is 14.0. The fourth-order valence-corrected chi connectivity index (χ4v) is 3.63. The van der Waals surface area contributed by atoms with Crippen molar-refractivity contribution in [2.45, 2.75) is 70.1 Å². The number of esters is 1. The summed E-state index contributed by atoms with van der Waals surface area (Å²) in [4.78, 5) is 44.8. The summed E-state index contributed by atoms with van der Waals surface area (Å²) in [5.41, 5.74) is 4.57. The van der Waals surface area contributed by atoms with E-state index in [-0.39, 0.29) is 36.3 Å². The standard InChI is InChI=1S/C21H30FN3O4.C2HF3O2/c1-3-18(26)24-17(21(28)29-2)12-13-9-10-16(15(22)11-13)25-20(27)19(23)14-7-5-4-6-8-14;3-2(4,5)1(6)7/h9-11,14,17,19H,3-8,12,23H2,1-2H3,(H,24,26)(H,25,27);(H,6,7)/t17-,19+;/m1./s1. The van der Waals surface area contributed by atoms with E-state index in [1.165, 1.54) is 25.7 Å². The Labute approximate surface area is 205 Å². The lowest BCUT2D eigenvalue weighted by atomic mass is 9.84. The molecule has 1 saturated carbocycles. The van der Waals surface area contributed by atoms with Crippen LogP contribution < -0.4 is 21.5 Å². The summed E-state index contributed by atoms with van der Waals surface area (Å²) in [6, 6.07) is 3.02. The van der Waals surface area contributed by atoms with Gasteiger partial charge >= 0.3 is 12.1 Å². The van der Waals surface area contributed by atoms with Gasteiger partial charge in [0.2, 0.25) is 5.91 Å². The molecule has 1 aromatic carbocycles. The van der Waals surface area contributed by atoms with Crippen LogP contribution in [0, 0.1) is 11.7 Å². The molecular formula is C23H31F4N3O6. The predicted molar refractivity (Wildman–Crippen MR) is 117 cm³/mol. The highest BCUT2D eigenvalue weighted by Gasteiger charge is 2.30. The van der Waals surface area contributed by atoms with Crippen LogP contribution in [0.4, 0.5) is 23.2 Å². The minimum Gasteiger partial charge on any atom is -0.542 e. The number of alkyl halides is 3. The first kappa shape index (κ1) is 30.8. The molecule has 1 aliphatic rings. The van der Waals surface area contributed by atoms with E-state index in [1.54, 1.807) is 13.0 Å². The Morgan fingerprint density at radius 1 is 1.17 bits per heavy atom. The van der Waals surface area contributed by atoms with Gasteiger partial charge in [0, 0.05) is 18.8 Å². The second kappa shape index (κ2) is 14.4. The number of quaternary nitrogens is 1. The maximum absolute atomic E-state index is 14.5. The van der Waals surface area contributed by atoms with E-state index in [4.69, 9.17) is 14.6 Å². The van der Waals surface area contributed by atoms with Crippen LogP contribution in [0.25, 0.3) is 0 Å². The number of nitrogens with one attached hydrogen (secondary N) is 2. The average molecular weight is 522 g/mol. The van der Waals surface area contributed by atoms with Gasteiger partial charge in [0.05, 0.1) is 12.8 Å². The van der Waals surface area contributed by atoms with Crippen molar-refractivity contribution in [2.75, 3.05) is 12.4 Å². The molecule has 2 amide bonds. The summed E-state index contributed by atoms with van der Waals surface area (Å²) >= 11 is 0. The van der Waals surface area contributed by atoms with E-state index >= 15 is 0 Å². The Kier molecular flexibility index (Phi) is 12.3. The number of hydrogen-bond donors (Lipinski definition) is 3. The van der Waals surface area contributed by atoms with E-state index in [9.17, 15) is 31.9 Å². The van der Waals surface area contributed by atoms with E-state index in [1.807, 2.05) is 0 Å². The van der Waals surface area contributed by atoms with E-state index in [0.29, 0.717) is 5.56 Å². The number of rotatable bonds is 8. The topological polar surface area (TPSA) is 152 Å². The molecule has 0 heterocycles. The lowest BCUT2D eigenvalue weighted by Crippen LogP contribution is -2.69. The quantitative estimate of drug-likeness (QED) is 0.341. The van der Waals surface area contributed by atoms with E-state index < -0.39 is 36.0 Å². The van der Waals surface area contributed by atoms with Crippen molar-refractivity contribution in [1.82, 2.24) is 5.32 Å². The SMILES string of the molecule is CCC(=O)N[C@H](Cc1ccc(NC(=O)[C@@H]([NH3+])C2CCCCC2)c(F)c1)C(=O)OC.O=C([O-])C(F)(F)F. The molecule has 1 aliphatic carbocycles. The largest absolute Gasteiger partial charge is 0.542 e. The number of amides is 2. The second-order valence-corrected chi connectivity index (χ2v) is 8.29. The predicted octanol–water partition coefficient (Wildman–Crippen LogP) is 0.864. The molecule has 1 aromatic rings. The summed E-state index contributed by atoms with van der Waals surface area (Å²) in [6.45, 7) is 1.67. The van der Waals surface area contributed by atoms with Crippen molar-refractivity contribution < 1.29 is 52.3 Å². The molecule has 13 heteroatoms. The number of ether oxygens (including phenoxy) is 1. The van der Waals surface area contributed by atoms with Gasteiger partial charge in [-0.1, -0.05) is 32.3 Å². The number of halogens is 4. The number of aliphatic carboxylic acids is 1. The first-order valence-electron chi connectivity index (χ1n) is 11.4. The first-order valence-corrected chi connectivity index (χ1v) is 11.4. The molecule has 0 aromatic heterocycles. The summed E-state index contributed by atoms with van der Waals surface area (Å²) in [7, 11) is 1.23. The number of carboxylic acid groups (broad SMARTS) is 1. The van der Waals surface area contributed by atoms with Crippen LogP contribution in [0.5, 0.6) is 0 Å². The van der Waals surface area contributed by atoms with Crippen LogP contribution in [0.1, 0.15) is 51.0 Å². The van der Waals surface area contributed by atoms with Gasteiger partial charge in [0.1, 0.15) is 17.8 Å². The summed E-state index contributed by atoms with van der Waals surface area (Å²) in [5.74, 6) is -4.56. The zero-order valence-corrected chi connectivity index (χ0v) is 20.1. The number of carbonyl (C=O) groups excluding carboxylic acids is 4. The molecule has 9 nitrogen and oxygen atoms in total. The van der Waals surface area contributed by atoms with Gasteiger partial charge < -0.3 is 31.0 Å². The maximum atomic E-state index is 14.5. The smallest absolute Gasteiger partial charge is 0.430 e. The summed E-state index contributed by atoms with van der Waals surface area (Å²) < 4.78 is 50.8. The lowest BCUT2D eigenvalue weighted by Gasteiger charge is -2.24. The van der Waals surface area contributed by atoms with Crippen molar-refractivity contribution in [3.8, 4) is 0 Å². The van der Waals surface area contributed by atoms with Crippen LogP contribution in [0.15, 0.2) is 18.2 Å². The molecule has 0 unspecified atom stereocenters. The average Bonchev–Trinajstić information content (AvgIpc) is 2.84. The van der Waals surface area contributed by atoms with Gasteiger partial charge in [-0.15, -0.1) is 0 Å². The Bertz CT molecular complexity index is 920. The van der Waals surface area contributed by atoms with Gasteiger partial charge in [-0.05, 0) is 30.5 Å². The first-order chi connectivity index (χ1) is 16.8. The fraction of sp³-hybridized carbons (Fsp3) is 0.565. The van der Waals surface area contributed by atoms with Gasteiger partial charge in [-0.3, -0.25) is 9.59 Å². The molecule has 0 aliphatic heterocycles. The normalized spacial score (nSPS) is 15.5. The highest BCUT2D eigenvalue weighted by atomic mass is 19.4. The highest BCUT2D eigenvalue weighted by molar-refractivity contribution is 5.94. The van der Waals surface area contributed by atoms with Crippen molar-refractivity contribution in [3.63, 3.8) is 0 Å².